The van der Waals surface area contributed by atoms with Crippen molar-refractivity contribution in [1.82, 2.24) is 15.3 Å². The van der Waals surface area contributed by atoms with Crippen molar-refractivity contribution in [2.24, 2.45) is 0 Å². The summed E-state index contributed by atoms with van der Waals surface area (Å²) in [4.78, 5) is 19.5. The van der Waals surface area contributed by atoms with E-state index in [4.69, 9.17) is 11.6 Å². The lowest BCUT2D eigenvalue weighted by Gasteiger charge is -2.22. The van der Waals surface area contributed by atoms with Crippen molar-refractivity contribution < 1.29 is 4.79 Å². The molecule has 1 amide bonds. The maximum atomic E-state index is 11.7. The standard InChI is InChI=1S/C10H13ClN4OS/c11-8-1-2-13-10(14-8)15-9(16)5-7-6-17-4-3-12-7/h1-2,7,12H,3-6H2,(H,13,14,15,16). The van der Waals surface area contributed by atoms with Crippen LogP contribution in [0.2, 0.25) is 5.15 Å². The van der Waals surface area contributed by atoms with Crippen LogP contribution in [-0.2, 0) is 4.79 Å². The first kappa shape index (κ1) is 12.6. The number of rotatable bonds is 3. The normalized spacial score (nSPS) is 19.9. The molecule has 1 fully saturated rings. The van der Waals surface area contributed by atoms with Crippen LogP contribution in [0.25, 0.3) is 0 Å². The summed E-state index contributed by atoms with van der Waals surface area (Å²) < 4.78 is 0. The molecule has 2 heterocycles. The van der Waals surface area contributed by atoms with E-state index in [0.717, 1.165) is 18.1 Å². The van der Waals surface area contributed by atoms with Crippen molar-refractivity contribution in [3.05, 3.63) is 17.4 Å². The van der Waals surface area contributed by atoms with Crippen molar-refractivity contribution in [3.8, 4) is 0 Å². The van der Waals surface area contributed by atoms with Gasteiger partial charge in [-0.05, 0) is 6.07 Å². The van der Waals surface area contributed by atoms with Crippen LogP contribution in [0, 0.1) is 0 Å². The maximum Gasteiger partial charge on any atom is 0.230 e. The van der Waals surface area contributed by atoms with Gasteiger partial charge in [-0.2, -0.15) is 11.8 Å². The van der Waals surface area contributed by atoms with Gasteiger partial charge in [0.05, 0.1) is 0 Å². The molecule has 1 aromatic heterocycles. The Labute approximate surface area is 109 Å². The third-order valence-electron chi connectivity index (χ3n) is 2.30. The molecule has 1 saturated heterocycles. The summed E-state index contributed by atoms with van der Waals surface area (Å²) in [6.07, 6.45) is 1.95. The van der Waals surface area contributed by atoms with Gasteiger partial charge in [-0.3, -0.25) is 10.1 Å². The number of halogens is 1. The number of anilines is 1. The molecule has 0 spiro atoms. The third kappa shape index (κ3) is 4.14. The zero-order chi connectivity index (χ0) is 12.1. The van der Waals surface area contributed by atoms with Gasteiger partial charge >= 0.3 is 0 Å². The number of nitrogens with zero attached hydrogens (tertiary/aromatic N) is 2. The lowest BCUT2D eigenvalue weighted by Crippen LogP contribution is -2.40. The molecule has 7 heteroatoms. The van der Waals surface area contributed by atoms with Crippen LogP contribution in [-0.4, -0.2) is 40.0 Å². The number of amides is 1. The Morgan fingerprint density at radius 3 is 3.29 bits per heavy atom. The highest BCUT2D eigenvalue weighted by Gasteiger charge is 2.17. The molecule has 0 aromatic carbocycles. The van der Waals surface area contributed by atoms with E-state index in [1.165, 1.54) is 6.20 Å². The second-order valence-electron chi connectivity index (χ2n) is 3.68. The molecule has 1 unspecified atom stereocenters. The highest BCUT2D eigenvalue weighted by atomic mass is 35.5. The predicted octanol–water partition coefficient (Wildman–Crippen LogP) is 1.16. The van der Waals surface area contributed by atoms with Crippen molar-refractivity contribution in [3.63, 3.8) is 0 Å². The van der Waals surface area contributed by atoms with E-state index in [9.17, 15) is 4.79 Å². The van der Waals surface area contributed by atoms with Gasteiger partial charge in [-0.1, -0.05) is 11.6 Å². The minimum Gasteiger partial charge on any atom is -0.312 e. The molecular formula is C10H13ClN4OS. The average molecular weight is 273 g/mol. The summed E-state index contributed by atoms with van der Waals surface area (Å²) in [5.41, 5.74) is 0. The average Bonchev–Trinajstić information content (AvgIpc) is 2.30. The van der Waals surface area contributed by atoms with Gasteiger partial charge in [0.25, 0.3) is 0 Å². The molecule has 0 aliphatic carbocycles. The van der Waals surface area contributed by atoms with Gasteiger partial charge in [-0.25, -0.2) is 9.97 Å². The van der Waals surface area contributed by atoms with Crippen LogP contribution in [0.1, 0.15) is 6.42 Å². The molecule has 1 aliphatic heterocycles. The second-order valence-corrected chi connectivity index (χ2v) is 5.22. The zero-order valence-corrected chi connectivity index (χ0v) is 10.7. The summed E-state index contributed by atoms with van der Waals surface area (Å²) in [6.45, 7) is 0.955. The molecular weight excluding hydrogens is 260 g/mol. The van der Waals surface area contributed by atoms with Crippen molar-refractivity contribution in [1.29, 1.82) is 0 Å². The van der Waals surface area contributed by atoms with Gasteiger partial charge < -0.3 is 5.32 Å². The number of hydrogen-bond acceptors (Lipinski definition) is 5. The van der Waals surface area contributed by atoms with Gasteiger partial charge in [0.15, 0.2) is 0 Å². The minimum atomic E-state index is -0.0905. The summed E-state index contributed by atoms with van der Waals surface area (Å²) in [5, 5.41) is 6.25. The van der Waals surface area contributed by atoms with Gasteiger partial charge in [-0.15, -0.1) is 0 Å². The Kier molecular flexibility index (Phi) is 4.58. The van der Waals surface area contributed by atoms with Gasteiger partial charge in [0, 0.05) is 36.7 Å². The largest absolute Gasteiger partial charge is 0.312 e. The fraction of sp³-hybridized carbons (Fsp3) is 0.500. The fourth-order valence-electron chi connectivity index (χ4n) is 1.55. The second kappa shape index (κ2) is 6.18. The molecule has 5 nitrogen and oxygen atoms in total. The molecule has 0 saturated carbocycles. The monoisotopic (exact) mass is 272 g/mol. The number of carbonyl (C=O) groups is 1. The first-order valence-corrected chi connectivity index (χ1v) is 6.87. The van der Waals surface area contributed by atoms with E-state index < -0.39 is 0 Å². The van der Waals surface area contributed by atoms with Crippen LogP contribution in [0.3, 0.4) is 0 Å². The predicted molar refractivity (Wildman–Crippen MR) is 69.4 cm³/mol. The highest BCUT2D eigenvalue weighted by molar-refractivity contribution is 7.99. The molecule has 17 heavy (non-hydrogen) atoms. The first-order valence-electron chi connectivity index (χ1n) is 5.33. The number of thioether (sulfide) groups is 1. The zero-order valence-electron chi connectivity index (χ0n) is 9.15. The fourth-order valence-corrected chi connectivity index (χ4v) is 2.63. The molecule has 1 aliphatic rings. The number of nitrogens with one attached hydrogen (secondary N) is 2. The van der Waals surface area contributed by atoms with E-state index >= 15 is 0 Å². The van der Waals surface area contributed by atoms with Crippen LogP contribution < -0.4 is 10.6 Å². The molecule has 1 atom stereocenters. The molecule has 2 N–H and O–H groups in total. The maximum absolute atomic E-state index is 11.7. The highest BCUT2D eigenvalue weighted by Crippen LogP contribution is 2.11. The van der Waals surface area contributed by atoms with Crippen molar-refractivity contribution in [2.75, 3.05) is 23.4 Å². The lowest BCUT2D eigenvalue weighted by atomic mass is 10.2. The number of carbonyl (C=O) groups excluding carboxylic acids is 1. The van der Waals surface area contributed by atoms with Gasteiger partial charge in [0.1, 0.15) is 5.15 Å². The number of aromatic nitrogens is 2. The molecule has 1 aromatic rings. The molecule has 0 radical (unpaired) electrons. The SMILES string of the molecule is O=C(CC1CSCCN1)Nc1nccc(Cl)n1. The van der Waals surface area contributed by atoms with Gasteiger partial charge in [0.2, 0.25) is 11.9 Å². The molecule has 0 bridgehead atoms. The quantitative estimate of drug-likeness (QED) is 0.809. The Hall–Kier alpha value is -0.850. The Morgan fingerprint density at radius 1 is 1.71 bits per heavy atom. The number of hydrogen-bond donors (Lipinski definition) is 2. The van der Waals surface area contributed by atoms with E-state index in [2.05, 4.69) is 20.6 Å². The molecule has 92 valence electrons. The summed E-state index contributed by atoms with van der Waals surface area (Å²) in [6, 6.07) is 1.80. The van der Waals surface area contributed by atoms with Crippen LogP contribution >= 0.6 is 23.4 Å². The van der Waals surface area contributed by atoms with Crippen LogP contribution in [0.15, 0.2) is 12.3 Å². The molecule has 2 rings (SSSR count). The Balaban J connectivity index is 1.84. The van der Waals surface area contributed by atoms with Crippen molar-refractivity contribution >= 4 is 35.2 Å². The lowest BCUT2D eigenvalue weighted by molar-refractivity contribution is -0.116. The van der Waals surface area contributed by atoms with Crippen LogP contribution in [0.5, 0.6) is 0 Å². The Bertz CT molecular complexity index is 398. The van der Waals surface area contributed by atoms with E-state index in [1.807, 2.05) is 11.8 Å². The smallest absolute Gasteiger partial charge is 0.230 e. The minimum absolute atomic E-state index is 0.0905. The summed E-state index contributed by atoms with van der Waals surface area (Å²) in [7, 11) is 0. The summed E-state index contributed by atoms with van der Waals surface area (Å²) in [5.74, 6) is 2.23. The summed E-state index contributed by atoms with van der Waals surface area (Å²) >= 11 is 7.56. The topological polar surface area (TPSA) is 66.9 Å². The third-order valence-corrected chi connectivity index (χ3v) is 3.64. The van der Waals surface area contributed by atoms with E-state index in [1.54, 1.807) is 6.07 Å². The first-order chi connectivity index (χ1) is 8.24. The van der Waals surface area contributed by atoms with Crippen LogP contribution in [0.4, 0.5) is 5.95 Å². The van der Waals surface area contributed by atoms with Crippen molar-refractivity contribution in [2.45, 2.75) is 12.5 Å². The Morgan fingerprint density at radius 2 is 2.59 bits per heavy atom. The van der Waals surface area contributed by atoms with E-state index in [-0.39, 0.29) is 17.9 Å². The van der Waals surface area contributed by atoms with E-state index in [0.29, 0.717) is 11.6 Å².